The summed E-state index contributed by atoms with van der Waals surface area (Å²) < 4.78 is 37.9. The predicted octanol–water partition coefficient (Wildman–Crippen LogP) is 2.46. The van der Waals surface area contributed by atoms with Gasteiger partial charge in [-0.05, 0) is 6.07 Å². The van der Waals surface area contributed by atoms with Gasteiger partial charge in [-0.2, -0.15) is 13.2 Å². The van der Waals surface area contributed by atoms with Gasteiger partial charge in [0, 0.05) is 17.8 Å². The lowest BCUT2D eigenvalue weighted by molar-refractivity contribution is -0.0581. The summed E-state index contributed by atoms with van der Waals surface area (Å²) in [6.45, 7) is 0.570. The number of hydrogen-bond acceptors (Lipinski definition) is 2. The Morgan fingerprint density at radius 1 is 1.20 bits per heavy atom. The number of anilines is 1. The van der Waals surface area contributed by atoms with Crippen LogP contribution in [-0.4, -0.2) is 25.0 Å². The SMILES string of the molecule is FC(F)(F)C1=NCCNc2ccccc21. The lowest BCUT2D eigenvalue weighted by atomic mass is 10.1. The summed E-state index contributed by atoms with van der Waals surface area (Å²) in [5, 5.41) is 2.91. The third kappa shape index (κ3) is 1.95. The average Bonchev–Trinajstić information content (AvgIpc) is 2.38. The first kappa shape index (κ1) is 10.0. The van der Waals surface area contributed by atoms with Crippen LogP contribution < -0.4 is 5.32 Å². The van der Waals surface area contributed by atoms with Gasteiger partial charge in [0.2, 0.25) is 0 Å². The predicted molar refractivity (Wildman–Crippen MR) is 52.4 cm³/mol. The van der Waals surface area contributed by atoms with Crippen LogP contribution in [-0.2, 0) is 0 Å². The van der Waals surface area contributed by atoms with Crippen molar-refractivity contribution in [1.82, 2.24) is 0 Å². The van der Waals surface area contributed by atoms with Crippen molar-refractivity contribution in [3.8, 4) is 0 Å². The normalized spacial score (nSPS) is 16.1. The highest BCUT2D eigenvalue weighted by molar-refractivity contribution is 6.08. The van der Waals surface area contributed by atoms with E-state index in [9.17, 15) is 13.2 Å². The summed E-state index contributed by atoms with van der Waals surface area (Å²) in [5.41, 5.74) is -0.170. The largest absolute Gasteiger partial charge is 0.433 e. The Morgan fingerprint density at radius 3 is 2.67 bits per heavy atom. The summed E-state index contributed by atoms with van der Waals surface area (Å²) in [7, 11) is 0. The van der Waals surface area contributed by atoms with E-state index in [1.807, 2.05) is 0 Å². The summed E-state index contributed by atoms with van der Waals surface area (Å²) in [6.07, 6.45) is -4.39. The average molecular weight is 214 g/mol. The molecule has 0 saturated carbocycles. The minimum absolute atomic E-state index is 0.127. The molecule has 0 amide bonds. The molecule has 2 nitrogen and oxygen atoms in total. The number of benzodiazepines with no additional fused rings is 1. The van der Waals surface area contributed by atoms with Crippen LogP contribution in [0.1, 0.15) is 5.56 Å². The van der Waals surface area contributed by atoms with Crippen LogP contribution >= 0.6 is 0 Å². The third-order valence-electron chi connectivity index (χ3n) is 2.15. The Bertz CT molecular complexity index is 396. The molecule has 0 radical (unpaired) electrons. The molecule has 0 saturated heterocycles. The van der Waals surface area contributed by atoms with Crippen LogP contribution in [0.4, 0.5) is 18.9 Å². The number of alkyl halides is 3. The van der Waals surface area contributed by atoms with Crippen molar-refractivity contribution in [3.05, 3.63) is 29.8 Å². The van der Waals surface area contributed by atoms with Crippen LogP contribution in [0.15, 0.2) is 29.3 Å². The van der Waals surface area contributed by atoms with Gasteiger partial charge < -0.3 is 5.32 Å². The number of nitrogens with one attached hydrogen (secondary N) is 1. The minimum Gasteiger partial charge on any atom is -0.383 e. The summed E-state index contributed by atoms with van der Waals surface area (Å²) in [6, 6.07) is 6.33. The molecule has 5 heteroatoms. The van der Waals surface area contributed by atoms with Crippen LogP contribution in [0.3, 0.4) is 0 Å². The van der Waals surface area contributed by atoms with Gasteiger partial charge in [-0.15, -0.1) is 0 Å². The van der Waals surface area contributed by atoms with Gasteiger partial charge in [-0.3, -0.25) is 4.99 Å². The van der Waals surface area contributed by atoms with E-state index >= 15 is 0 Å². The fraction of sp³-hybridized carbons (Fsp3) is 0.300. The van der Waals surface area contributed by atoms with Gasteiger partial charge in [-0.1, -0.05) is 18.2 Å². The second kappa shape index (κ2) is 3.56. The summed E-state index contributed by atoms with van der Waals surface area (Å²) >= 11 is 0. The van der Waals surface area contributed by atoms with E-state index in [2.05, 4.69) is 10.3 Å². The van der Waals surface area contributed by atoms with E-state index < -0.39 is 11.9 Å². The molecule has 1 aliphatic heterocycles. The fourth-order valence-electron chi connectivity index (χ4n) is 1.53. The van der Waals surface area contributed by atoms with Crippen molar-refractivity contribution in [3.63, 3.8) is 0 Å². The van der Waals surface area contributed by atoms with Gasteiger partial charge in [0.25, 0.3) is 0 Å². The highest BCUT2D eigenvalue weighted by Gasteiger charge is 2.38. The highest BCUT2D eigenvalue weighted by atomic mass is 19.4. The molecule has 2 rings (SSSR count). The fourth-order valence-corrected chi connectivity index (χ4v) is 1.53. The van der Waals surface area contributed by atoms with Crippen LogP contribution in [0.2, 0.25) is 0 Å². The number of benzene rings is 1. The molecule has 1 N–H and O–H groups in total. The smallest absolute Gasteiger partial charge is 0.383 e. The maximum absolute atomic E-state index is 12.6. The van der Waals surface area contributed by atoms with E-state index in [-0.39, 0.29) is 12.1 Å². The zero-order valence-electron chi connectivity index (χ0n) is 7.80. The van der Waals surface area contributed by atoms with E-state index in [0.29, 0.717) is 12.2 Å². The maximum atomic E-state index is 12.6. The second-order valence-electron chi connectivity index (χ2n) is 3.20. The monoisotopic (exact) mass is 214 g/mol. The number of para-hydroxylation sites is 1. The number of rotatable bonds is 0. The van der Waals surface area contributed by atoms with Gasteiger partial charge in [-0.25, -0.2) is 0 Å². The van der Waals surface area contributed by atoms with E-state index in [1.165, 1.54) is 6.07 Å². The molecule has 1 aromatic carbocycles. The van der Waals surface area contributed by atoms with Gasteiger partial charge in [0.05, 0.1) is 6.54 Å². The highest BCUT2D eigenvalue weighted by Crippen LogP contribution is 2.28. The number of nitrogens with zero attached hydrogens (tertiary/aromatic N) is 1. The first-order valence-electron chi connectivity index (χ1n) is 4.54. The Kier molecular flexibility index (Phi) is 2.38. The summed E-state index contributed by atoms with van der Waals surface area (Å²) in [4.78, 5) is 3.56. The quantitative estimate of drug-likeness (QED) is 0.704. The molecule has 0 fully saturated rings. The molecule has 0 aromatic heterocycles. The first-order valence-corrected chi connectivity index (χ1v) is 4.54. The van der Waals surface area contributed by atoms with Crippen molar-refractivity contribution in [2.45, 2.75) is 6.18 Å². The lowest BCUT2D eigenvalue weighted by Crippen LogP contribution is -2.24. The van der Waals surface area contributed by atoms with Crippen LogP contribution in [0.5, 0.6) is 0 Å². The lowest BCUT2D eigenvalue weighted by Gasteiger charge is -2.12. The molecule has 1 heterocycles. The van der Waals surface area contributed by atoms with Gasteiger partial charge in [0.1, 0.15) is 5.71 Å². The van der Waals surface area contributed by atoms with Crippen molar-refractivity contribution >= 4 is 11.4 Å². The molecule has 0 atom stereocenters. The van der Waals surface area contributed by atoms with Gasteiger partial charge in [0.15, 0.2) is 0 Å². The molecule has 0 unspecified atom stereocenters. The Hall–Kier alpha value is -1.52. The standard InChI is InChI=1S/C10H9F3N2/c11-10(12,13)9-7-3-1-2-4-8(7)14-5-6-15-9/h1-4,14H,5-6H2. The molecule has 0 bridgehead atoms. The summed E-state index contributed by atoms with van der Waals surface area (Å²) in [5.74, 6) is 0. The van der Waals surface area contributed by atoms with E-state index in [4.69, 9.17) is 0 Å². The third-order valence-corrected chi connectivity index (χ3v) is 2.15. The van der Waals surface area contributed by atoms with Crippen molar-refractivity contribution in [2.75, 3.05) is 18.4 Å². The van der Waals surface area contributed by atoms with Crippen molar-refractivity contribution in [1.29, 1.82) is 0 Å². The number of fused-ring (bicyclic) bond motifs is 1. The first-order chi connectivity index (χ1) is 7.09. The molecular weight excluding hydrogens is 205 g/mol. The Balaban J connectivity index is 2.52. The minimum atomic E-state index is -4.39. The second-order valence-corrected chi connectivity index (χ2v) is 3.20. The Labute approximate surface area is 84.8 Å². The van der Waals surface area contributed by atoms with Gasteiger partial charge >= 0.3 is 6.18 Å². The van der Waals surface area contributed by atoms with E-state index in [0.717, 1.165) is 0 Å². The molecule has 0 aliphatic carbocycles. The van der Waals surface area contributed by atoms with Crippen molar-refractivity contribution in [2.24, 2.45) is 4.99 Å². The number of halogens is 3. The molecule has 15 heavy (non-hydrogen) atoms. The molecular formula is C10H9F3N2. The molecule has 80 valence electrons. The zero-order valence-corrected chi connectivity index (χ0v) is 7.80. The number of aliphatic imine (C=N–C) groups is 1. The zero-order chi connectivity index (χ0) is 10.9. The Morgan fingerprint density at radius 2 is 1.93 bits per heavy atom. The maximum Gasteiger partial charge on any atom is 0.433 e. The topological polar surface area (TPSA) is 24.4 Å². The van der Waals surface area contributed by atoms with Crippen LogP contribution in [0.25, 0.3) is 0 Å². The molecule has 0 spiro atoms. The molecule has 1 aliphatic rings. The number of hydrogen-bond donors (Lipinski definition) is 1. The molecule has 1 aromatic rings. The van der Waals surface area contributed by atoms with E-state index in [1.54, 1.807) is 18.2 Å². The van der Waals surface area contributed by atoms with Crippen LogP contribution in [0, 0.1) is 0 Å². The van der Waals surface area contributed by atoms with Crippen molar-refractivity contribution < 1.29 is 13.2 Å².